The molecule has 1 saturated heterocycles. The van der Waals surface area contributed by atoms with Crippen LogP contribution in [0, 0.1) is 0 Å². The second-order valence-corrected chi connectivity index (χ2v) is 4.18. The molecule has 1 rings (SSSR count). The van der Waals surface area contributed by atoms with E-state index in [4.69, 9.17) is 4.74 Å². The largest absolute Gasteiger partial charge is 0.388 e. The maximum Gasteiger partial charge on any atom is 0.233 e. The molecule has 88 valence electrons. The van der Waals surface area contributed by atoms with Crippen molar-refractivity contribution in [2.45, 2.75) is 18.4 Å². The first-order valence-electron chi connectivity index (χ1n) is 5.25. The van der Waals surface area contributed by atoms with Crippen molar-refractivity contribution < 1.29 is 14.6 Å². The van der Waals surface area contributed by atoms with Gasteiger partial charge in [0.15, 0.2) is 0 Å². The Kier molecular flexibility index (Phi) is 4.50. The van der Waals surface area contributed by atoms with Crippen molar-refractivity contribution >= 4 is 5.91 Å². The van der Waals surface area contributed by atoms with Crippen LogP contribution in [0.15, 0.2) is 0 Å². The fraction of sp³-hybridized carbons (Fsp3) is 0.900. The lowest BCUT2D eigenvalue weighted by atomic mass is 9.94. The first-order valence-corrected chi connectivity index (χ1v) is 5.25. The first kappa shape index (κ1) is 12.4. The highest BCUT2D eigenvalue weighted by Gasteiger charge is 2.31. The van der Waals surface area contributed by atoms with Crippen molar-refractivity contribution in [1.82, 2.24) is 10.2 Å². The Balaban J connectivity index is 2.35. The predicted octanol–water partition coefficient (Wildman–Crippen LogP) is -0.794. The number of amides is 1. The van der Waals surface area contributed by atoms with E-state index >= 15 is 0 Å². The summed E-state index contributed by atoms with van der Waals surface area (Å²) in [5.41, 5.74) is -0.693. The zero-order valence-electron chi connectivity index (χ0n) is 9.45. The number of rotatable bonds is 4. The lowest BCUT2D eigenvalue weighted by Gasteiger charge is -2.35. The number of aliphatic hydroxyl groups is 1. The third kappa shape index (κ3) is 4.15. The van der Waals surface area contributed by atoms with E-state index in [0.717, 1.165) is 0 Å². The summed E-state index contributed by atoms with van der Waals surface area (Å²) in [6, 6.07) is 0. The molecular weight excluding hydrogens is 196 g/mol. The van der Waals surface area contributed by atoms with Crippen LogP contribution in [-0.4, -0.2) is 61.9 Å². The molecule has 0 bridgehead atoms. The van der Waals surface area contributed by atoms with Crippen LogP contribution in [0.4, 0.5) is 0 Å². The maximum atomic E-state index is 11.1. The van der Waals surface area contributed by atoms with E-state index in [0.29, 0.717) is 39.1 Å². The topological polar surface area (TPSA) is 61.8 Å². The Hall–Kier alpha value is -0.650. The number of carbonyl (C=O) groups is 1. The van der Waals surface area contributed by atoms with Gasteiger partial charge < -0.3 is 15.2 Å². The fourth-order valence-corrected chi connectivity index (χ4v) is 1.79. The summed E-state index contributed by atoms with van der Waals surface area (Å²) in [5, 5.41) is 12.7. The number of nitrogens with one attached hydrogen (secondary N) is 1. The molecular formula is C10H20N2O3. The smallest absolute Gasteiger partial charge is 0.233 e. The third-order valence-corrected chi connectivity index (χ3v) is 2.68. The molecule has 1 amide bonds. The number of likely N-dealkylation sites (N-methyl/N-ethyl adjacent to an activating group) is 2. The average molecular weight is 216 g/mol. The standard InChI is InChI=1S/C10H20N2O3/c1-11-9(13)7-12(2)8-10(14)3-5-15-6-4-10/h14H,3-8H2,1-2H3,(H,11,13). The van der Waals surface area contributed by atoms with Gasteiger partial charge in [-0.3, -0.25) is 9.69 Å². The van der Waals surface area contributed by atoms with Gasteiger partial charge in [0.25, 0.3) is 0 Å². The van der Waals surface area contributed by atoms with Crippen LogP contribution in [0.3, 0.4) is 0 Å². The molecule has 0 aliphatic carbocycles. The quantitative estimate of drug-likeness (QED) is 0.646. The van der Waals surface area contributed by atoms with Crippen LogP contribution in [0.2, 0.25) is 0 Å². The molecule has 1 heterocycles. The second kappa shape index (κ2) is 5.44. The minimum Gasteiger partial charge on any atom is -0.388 e. The van der Waals surface area contributed by atoms with E-state index < -0.39 is 5.60 Å². The highest BCUT2D eigenvalue weighted by atomic mass is 16.5. The molecule has 5 heteroatoms. The van der Waals surface area contributed by atoms with Crippen LogP contribution in [0.25, 0.3) is 0 Å². The summed E-state index contributed by atoms with van der Waals surface area (Å²) in [5.74, 6) is -0.0341. The fourth-order valence-electron chi connectivity index (χ4n) is 1.79. The molecule has 0 radical (unpaired) electrons. The highest BCUT2D eigenvalue weighted by Crippen LogP contribution is 2.20. The van der Waals surface area contributed by atoms with Gasteiger partial charge in [-0.25, -0.2) is 0 Å². The number of ether oxygens (including phenoxy) is 1. The number of nitrogens with zero attached hydrogens (tertiary/aromatic N) is 1. The Bertz CT molecular complexity index is 215. The van der Waals surface area contributed by atoms with Crippen LogP contribution < -0.4 is 5.32 Å². The van der Waals surface area contributed by atoms with Gasteiger partial charge in [-0.1, -0.05) is 0 Å². The predicted molar refractivity (Wildman–Crippen MR) is 56.6 cm³/mol. The molecule has 0 atom stereocenters. The summed E-state index contributed by atoms with van der Waals surface area (Å²) in [7, 11) is 3.45. The SMILES string of the molecule is CNC(=O)CN(C)CC1(O)CCOCC1. The monoisotopic (exact) mass is 216 g/mol. The van der Waals surface area contributed by atoms with E-state index in [1.807, 2.05) is 11.9 Å². The number of carbonyl (C=O) groups excluding carboxylic acids is 1. The van der Waals surface area contributed by atoms with Crippen molar-refractivity contribution in [2.75, 3.05) is 40.4 Å². The summed E-state index contributed by atoms with van der Waals surface area (Å²) < 4.78 is 5.19. The van der Waals surface area contributed by atoms with E-state index in [2.05, 4.69) is 5.32 Å². The maximum absolute atomic E-state index is 11.1. The molecule has 0 spiro atoms. The van der Waals surface area contributed by atoms with Crippen molar-refractivity contribution in [1.29, 1.82) is 0 Å². The molecule has 1 aliphatic rings. The van der Waals surface area contributed by atoms with E-state index in [1.54, 1.807) is 7.05 Å². The molecule has 0 saturated carbocycles. The summed E-state index contributed by atoms with van der Waals surface area (Å²) in [4.78, 5) is 12.9. The van der Waals surface area contributed by atoms with Gasteiger partial charge in [0.05, 0.1) is 12.1 Å². The van der Waals surface area contributed by atoms with Crippen LogP contribution in [0.1, 0.15) is 12.8 Å². The van der Waals surface area contributed by atoms with Gasteiger partial charge >= 0.3 is 0 Å². The summed E-state index contributed by atoms with van der Waals surface area (Å²) >= 11 is 0. The number of hydrogen-bond donors (Lipinski definition) is 2. The van der Waals surface area contributed by atoms with E-state index in [9.17, 15) is 9.90 Å². The molecule has 15 heavy (non-hydrogen) atoms. The van der Waals surface area contributed by atoms with Gasteiger partial charge in [-0.05, 0) is 7.05 Å². The van der Waals surface area contributed by atoms with Gasteiger partial charge in [0.2, 0.25) is 5.91 Å². The molecule has 5 nitrogen and oxygen atoms in total. The van der Waals surface area contributed by atoms with Gasteiger partial charge in [0, 0.05) is 39.6 Å². The lowest BCUT2D eigenvalue weighted by molar-refractivity contribution is -0.123. The molecule has 0 unspecified atom stereocenters. The molecule has 0 aromatic heterocycles. The summed E-state index contributed by atoms with van der Waals surface area (Å²) in [6.07, 6.45) is 1.29. The Morgan fingerprint density at radius 3 is 2.67 bits per heavy atom. The van der Waals surface area contributed by atoms with Gasteiger partial charge in [0.1, 0.15) is 0 Å². The average Bonchev–Trinajstić information content (AvgIpc) is 2.17. The van der Waals surface area contributed by atoms with Gasteiger partial charge in [-0.15, -0.1) is 0 Å². The van der Waals surface area contributed by atoms with Crippen molar-refractivity contribution in [3.05, 3.63) is 0 Å². The normalized spacial score (nSPS) is 20.3. The van der Waals surface area contributed by atoms with Crippen molar-refractivity contribution in [3.8, 4) is 0 Å². The minimum absolute atomic E-state index is 0.0341. The summed E-state index contributed by atoms with van der Waals surface area (Å²) in [6.45, 7) is 2.04. The first-order chi connectivity index (χ1) is 7.06. The second-order valence-electron chi connectivity index (χ2n) is 4.18. The van der Waals surface area contributed by atoms with Crippen LogP contribution >= 0.6 is 0 Å². The Morgan fingerprint density at radius 2 is 2.13 bits per heavy atom. The zero-order valence-corrected chi connectivity index (χ0v) is 9.45. The van der Waals surface area contributed by atoms with E-state index in [1.165, 1.54) is 0 Å². The Labute approximate surface area is 90.4 Å². The van der Waals surface area contributed by atoms with Crippen LogP contribution in [-0.2, 0) is 9.53 Å². The van der Waals surface area contributed by atoms with Crippen LogP contribution in [0.5, 0.6) is 0 Å². The number of hydrogen-bond acceptors (Lipinski definition) is 4. The van der Waals surface area contributed by atoms with Crippen molar-refractivity contribution in [2.24, 2.45) is 0 Å². The van der Waals surface area contributed by atoms with E-state index in [-0.39, 0.29) is 5.91 Å². The molecule has 0 aromatic carbocycles. The lowest BCUT2D eigenvalue weighted by Crippen LogP contribution is -2.47. The third-order valence-electron chi connectivity index (χ3n) is 2.68. The zero-order chi connectivity index (χ0) is 11.3. The molecule has 1 aliphatic heterocycles. The highest BCUT2D eigenvalue weighted by molar-refractivity contribution is 5.77. The molecule has 1 fully saturated rings. The molecule has 2 N–H and O–H groups in total. The minimum atomic E-state index is -0.693. The Morgan fingerprint density at radius 1 is 1.53 bits per heavy atom. The van der Waals surface area contributed by atoms with Gasteiger partial charge in [-0.2, -0.15) is 0 Å². The van der Waals surface area contributed by atoms with Crippen molar-refractivity contribution in [3.63, 3.8) is 0 Å². The molecule has 0 aromatic rings.